The molecule has 0 fully saturated rings. The number of para-hydroxylation sites is 2. The molecule has 2 heterocycles. The molecular weight excluding hydrogens is 314 g/mol. The van der Waals surface area contributed by atoms with Gasteiger partial charge in [-0.2, -0.15) is 0 Å². The van der Waals surface area contributed by atoms with Crippen molar-refractivity contribution in [1.29, 1.82) is 0 Å². The van der Waals surface area contributed by atoms with Crippen LogP contribution in [0.5, 0.6) is 5.75 Å². The Kier molecular flexibility index (Phi) is 3.84. The van der Waals surface area contributed by atoms with Gasteiger partial charge < -0.3 is 10.4 Å². The highest BCUT2D eigenvalue weighted by Gasteiger charge is 2.17. The summed E-state index contributed by atoms with van der Waals surface area (Å²) in [6.45, 7) is 0. The van der Waals surface area contributed by atoms with E-state index >= 15 is 0 Å². The third-order valence-corrected chi connectivity index (χ3v) is 3.76. The molecule has 0 saturated heterocycles. The van der Waals surface area contributed by atoms with E-state index < -0.39 is 0 Å². The number of aromatic hydroxyl groups is 1. The summed E-state index contributed by atoms with van der Waals surface area (Å²) in [6, 6.07) is 20.5. The molecule has 6 nitrogen and oxygen atoms in total. The molecule has 0 saturated carbocycles. The second-order valence-corrected chi connectivity index (χ2v) is 5.40. The van der Waals surface area contributed by atoms with Crippen LogP contribution in [0.25, 0.3) is 17.1 Å². The number of rotatable bonds is 4. The summed E-state index contributed by atoms with van der Waals surface area (Å²) in [5, 5.41) is 22.0. The summed E-state index contributed by atoms with van der Waals surface area (Å²) in [5.41, 5.74) is 2.35. The monoisotopic (exact) mass is 329 g/mol. The lowest BCUT2D eigenvalue weighted by Crippen LogP contribution is -2.03. The van der Waals surface area contributed by atoms with E-state index in [4.69, 9.17) is 0 Å². The smallest absolute Gasteiger partial charge is 0.234 e. The van der Waals surface area contributed by atoms with Crippen molar-refractivity contribution >= 4 is 11.6 Å². The number of hydrogen-bond donors (Lipinski definition) is 2. The summed E-state index contributed by atoms with van der Waals surface area (Å²) in [6.07, 6.45) is 3.41. The topological polar surface area (TPSA) is 75.9 Å². The minimum absolute atomic E-state index is 0.155. The van der Waals surface area contributed by atoms with Gasteiger partial charge in [-0.05, 0) is 36.4 Å². The lowest BCUT2D eigenvalue weighted by molar-refractivity contribution is 0.476. The lowest BCUT2D eigenvalue weighted by atomic mass is 10.2. The van der Waals surface area contributed by atoms with Gasteiger partial charge in [0.1, 0.15) is 5.75 Å². The Bertz CT molecular complexity index is 983. The second kappa shape index (κ2) is 6.45. The normalized spacial score (nSPS) is 10.6. The maximum atomic E-state index is 10.2. The number of pyridine rings is 1. The third-order valence-electron chi connectivity index (χ3n) is 3.76. The second-order valence-electron chi connectivity index (χ2n) is 5.40. The fourth-order valence-electron chi connectivity index (χ4n) is 2.59. The van der Waals surface area contributed by atoms with Crippen LogP contribution in [0.3, 0.4) is 0 Å². The Morgan fingerprint density at radius 2 is 1.52 bits per heavy atom. The Morgan fingerprint density at radius 3 is 2.28 bits per heavy atom. The van der Waals surface area contributed by atoms with Gasteiger partial charge in [-0.15, -0.1) is 10.2 Å². The van der Waals surface area contributed by atoms with Crippen molar-refractivity contribution in [3.8, 4) is 22.8 Å². The van der Waals surface area contributed by atoms with Crippen LogP contribution in [-0.2, 0) is 0 Å². The van der Waals surface area contributed by atoms with E-state index in [0.29, 0.717) is 17.3 Å². The molecule has 0 aliphatic rings. The Balaban J connectivity index is 1.87. The largest absolute Gasteiger partial charge is 0.507 e. The standard InChI is InChI=1S/C19H15N5O/c25-17-9-5-4-8-16(17)18-22-23-19(21-14-10-12-20-13-11-14)24(18)15-6-2-1-3-7-15/h1-13,25H,(H,20,21,23). The van der Waals surface area contributed by atoms with Crippen LogP contribution in [0.15, 0.2) is 79.1 Å². The number of benzene rings is 2. The van der Waals surface area contributed by atoms with Crippen molar-refractivity contribution in [2.75, 3.05) is 5.32 Å². The first-order valence-electron chi connectivity index (χ1n) is 7.79. The Labute approximate surface area is 144 Å². The number of phenolic OH excluding ortho intramolecular Hbond substituents is 1. The van der Waals surface area contributed by atoms with Crippen LogP contribution in [0.1, 0.15) is 0 Å². The summed E-state index contributed by atoms with van der Waals surface area (Å²) in [7, 11) is 0. The van der Waals surface area contributed by atoms with Crippen LogP contribution in [0.2, 0.25) is 0 Å². The highest BCUT2D eigenvalue weighted by atomic mass is 16.3. The van der Waals surface area contributed by atoms with Gasteiger partial charge in [0.15, 0.2) is 5.82 Å². The van der Waals surface area contributed by atoms with Gasteiger partial charge in [-0.25, -0.2) is 0 Å². The van der Waals surface area contributed by atoms with Crippen LogP contribution < -0.4 is 5.32 Å². The average molecular weight is 329 g/mol. The maximum Gasteiger partial charge on any atom is 0.234 e. The summed E-state index contributed by atoms with van der Waals surface area (Å²) in [4.78, 5) is 4.02. The SMILES string of the molecule is Oc1ccccc1-c1nnc(Nc2ccncc2)n1-c1ccccc1. The molecule has 2 N–H and O–H groups in total. The third kappa shape index (κ3) is 2.92. The number of aromatic nitrogens is 4. The number of phenols is 1. The molecule has 2 aromatic carbocycles. The van der Waals surface area contributed by atoms with E-state index in [1.165, 1.54) is 0 Å². The highest BCUT2D eigenvalue weighted by Crippen LogP contribution is 2.31. The lowest BCUT2D eigenvalue weighted by Gasteiger charge is -2.12. The van der Waals surface area contributed by atoms with Crippen molar-refractivity contribution in [2.24, 2.45) is 0 Å². The fourth-order valence-corrected chi connectivity index (χ4v) is 2.59. The van der Waals surface area contributed by atoms with Crippen LogP contribution in [0.4, 0.5) is 11.6 Å². The first-order chi connectivity index (χ1) is 12.3. The van der Waals surface area contributed by atoms with Crippen molar-refractivity contribution in [2.45, 2.75) is 0 Å². The molecule has 0 aliphatic heterocycles. The van der Waals surface area contributed by atoms with Crippen LogP contribution in [-0.4, -0.2) is 24.9 Å². The molecule has 4 aromatic rings. The number of nitrogens with one attached hydrogen (secondary N) is 1. The number of hydrogen-bond acceptors (Lipinski definition) is 5. The molecule has 2 aromatic heterocycles. The van der Waals surface area contributed by atoms with E-state index in [1.54, 1.807) is 24.5 Å². The first kappa shape index (κ1) is 14.9. The van der Waals surface area contributed by atoms with E-state index in [-0.39, 0.29) is 5.75 Å². The van der Waals surface area contributed by atoms with Gasteiger partial charge in [-0.1, -0.05) is 30.3 Å². The minimum Gasteiger partial charge on any atom is -0.507 e. The van der Waals surface area contributed by atoms with E-state index in [1.807, 2.05) is 59.2 Å². The maximum absolute atomic E-state index is 10.2. The van der Waals surface area contributed by atoms with Crippen LogP contribution >= 0.6 is 0 Å². The Morgan fingerprint density at radius 1 is 0.800 bits per heavy atom. The zero-order chi connectivity index (χ0) is 17.1. The fraction of sp³-hybridized carbons (Fsp3) is 0. The predicted octanol–water partition coefficient (Wildman–Crippen LogP) is 3.78. The van der Waals surface area contributed by atoms with Crippen molar-refractivity contribution in [3.05, 3.63) is 79.1 Å². The van der Waals surface area contributed by atoms with Crippen LogP contribution in [0, 0.1) is 0 Å². The zero-order valence-electron chi connectivity index (χ0n) is 13.2. The molecule has 122 valence electrons. The van der Waals surface area contributed by atoms with E-state index in [9.17, 15) is 5.11 Å². The molecule has 0 radical (unpaired) electrons. The molecule has 0 aliphatic carbocycles. The average Bonchev–Trinajstić information content (AvgIpc) is 3.07. The summed E-state index contributed by atoms with van der Waals surface area (Å²) < 4.78 is 1.87. The predicted molar refractivity (Wildman–Crippen MR) is 96.0 cm³/mol. The molecule has 0 atom stereocenters. The molecule has 0 unspecified atom stereocenters. The van der Waals surface area contributed by atoms with Gasteiger partial charge in [0.05, 0.1) is 11.3 Å². The molecular formula is C19H15N5O. The molecule has 0 spiro atoms. The number of anilines is 2. The first-order valence-corrected chi connectivity index (χ1v) is 7.79. The van der Waals surface area contributed by atoms with E-state index in [2.05, 4.69) is 20.5 Å². The zero-order valence-corrected chi connectivity index (χ0v) is 13.2. The van der Waals surface area contributed by atoms with Crippen molar-refractivity contribution in [3.63, 3.8) is 0 Å². The van der Waals surface area contributed by atoms with Crippen molar-refractivity contribution < 1.29 is 5.11 Å². The minimum atomic E-state index is 0.155. The quantitative estimate of drug-likeness (QED) is 0.596. The summed E-state index contributed by atoms with van der Waals surface area (Å²) in [5.74, 6) is 1.26. The molecule has 25 heavy (non-hydrogen) atoms. The summed E-state index contributed by atoms with van der Waals surface area (Å²) >= 11 is 0. The molecule has 0 amide bonds. The molecule has 0 bridgehead atoms. The van der Waals surface area contributed by atoms with E-state index in [0.717, 1.165) is 11.4 Å². The van der Waals surface area contributed by atoms with Gasteiger partial charge in [0.2, 0.25) is 5.95 Å². The number of nitrogens with zero attached hydrogens (tertiary/aromatic N) is 4. The van der Waals surface area contributed by atoms with Gasteiger partial charge in [0, 0.05) is 18.1 Å². The Hall–Kier alpha value is -3.67. The van der Waals surface area contributed by atoms with Gasteiger partial charge in [0.25, 0.3) is 0 Å². The molecule has 4 rings (SSSR count). The van der Waals surface area contributed by atoms with Gasteiger partial charge in [-0.3, -0.25) is 9.55 Å². The highest BCUT2D eigenvalue weighted by molar-refractivity contribution is 5.69. The molecule has 6 heteroatoms. The van der Waals surface area contributed by atoms with Gasteiger partial charge >= 0.3 is 0 Å². The van der Waals surface area contributed by atoms with Crippen molar-refractivity contribution in [1.82, 2.24) is 19.7 Å².